The van der Waals surface area contributed by atoms with Crippen molar-refractivity contribution in [1.29, 1.82) is 0 Å². The first-order valence-corrected chi connectivity index (χ1v) is 20.7. The minimum atomic E-state index is 0.530. The van der Waals surface area contributed by atoms with Crippen molar-refractivity contribution in [2.45, 2.75) is 0 Å². The molecule has 0 N–H and O–H groups in total. The topological polar surface area (TPSA) is 74.3 Å². The van der Waals surface area contributed by atoms with Gasteiger partial charge < -0.3 is 4.57 Å². The lowest BCUT2D eigenvalue weighted by molar-refractivity contribution is 0.953. The summed E-state index contributed by atoms with van der Waals surface area (Å²) >= 11 is 0. The zero-order valence-corrected chi connectivity index (χ0v) is 33.3. The molecule has 4 heterocycles. The standard InChI is InChI=1S/C55H35N7/c1-5-18-36(19-6-1)46-35-47(57-52(56-46)37-20-7-2-8-21-37)39-24-17-25-40(34-39)54-58-53(38-22-9-3-10-23-38)59-55(60-54)62-49-31-16-14-29-43(49)45-33-32-44-42-28-13-15-30-48(42)61(50(44)51(45)62)41-26-11-4-12-27-41/h1-35H. The van der Waals surface area contributed by atoms with Gasteiger partial charge in [0.25, 0.3) is 0 Å². The van der Waals surface area contributed by atoms with Crippen LogP contribution in [0.3, 0.4) is 0 Å². The molecule has 0 spiro atoms. The molecule has 0 bridgehead atoms. The summed E-state index contributed by atoms with van der Waals surface area (Å²) in [5.41, 5.74) is 11.6. The average molecular weight is 794 g/mol. The van der Waals surface area contributed by atoms with Gasteiger partial charge in [0.1, 0.15) is 0 Å². The molecule has 0 aliphatic carbocycles. The van der Waals surface area contributed by atoms with Gasteiger partial charge in [0.05, 0.1) is 33.5 Å². The van der Waals surface area contributed by atoms with Crippen LogP contribution in [0.15, 0.2) is 212 Å². The molecular weight excluding hydrogens is 759 g/mol. The van der Waals surface area contributed by atoms with Crippen molar-refractivity contribution in [3.8, 4) is 68.3 Å². The van der Waals surface area contributed by atoms with Crippen molar-refractivity contribution in [3.05, 3.63) is 212 Å². The van der Waals surface area contributed by atoms with Crippen LogP contribution in [0, 0.1) is 0 Å². The SMILES string of the molecule is c1ccc(-c2cc(-c3cccc(-c4nc(-c5ccccc5)nc(-n5c6ccccc6c6ccc7c8ccccc8n(-c8ccccc8)c7c65)n4)c3)nc(-c3ccccc3)n2)cc1. The number of hydrogen-bond donors (Lipinski definition) is 0. The van der Waals surface area contributed by atoms with E-state index in [1.165, 1.54) is 5.39 Å². The predicted octanol–water partition coefficient (Wildman–Crippen LogP) is 13.2. The van der Waals surface area contributed by atoms with Crippen LogP contribution in [0.1, 0.15) is 0 Å². The number of para-hydroxylation sites is 3. The van der Waals surface area contributed by atoms with E-state index in [2.05, 4.69) is 137 Å². The quantitative estimate of drug-likeness (QED) is 0.161. The predicted molar refractivity (Wildman–Crippen MR) is 251 cm³/mol. The number of benzene rings is 8. The Hall–Kier alpha value is -8.55. The fourth-order valence-corrected chi connectivity index (χ4v) is 8.75. The van der Waals surface area contributed by atoms with Crippen LogP contribution in [-0.2, 0) is 0 Å². The second kappa shape index (κ2) is 14.6. The smallest absolute Gasteiger partial charge is 0.238 e. The molecule has 7 nitrogen and oxygen atoms in total. The molecule has 0 amide bonds. The number of aromatic nitrogens is 7. The largest absolute Gasteiger partial charge is 0.307 e. The van der Waals surface area contributed by atoms with E-state index in [-0.39, 0.29) is 0 Å². The molecule has 8 aromatic carbocycles. The summed E-state index contributed by atoms with van der Waals surface area (Å²) in [6.07, 6.45) is 0. The van der Waals surface area contributed by atoms with Crippen LogP contribution < -0.4 is 0 Å². The molecule has 0 unspecified atom stereocenters. The van der Waals surface area contributed by atoms with Gasteiger partial charge in [0.15, 0.2) is 17.5 Å². The van der Waals surface area contributed by atoms with Gasteiger partial charge >= 0.3 is 0 Å². The molecule has 12 rings (SSSR count). The highest BCUT2D eigenvalue weighted by Gasteiger charge is 2.23. The van der Waals surface area contributed by atoms with Crippen molar-refractivity contribution in [2.24, 2.45) is 0 Å². The first-order valence-electron chi connectivity index (χ1n) is 20.7. The Balaban J connectivity index is 1.12. The maximum absolute atomic E-state index is 5.40. The zero-order chi connectivity index (χ0) is 41.0. The molecule has 0 aliphatic heterocycles. The van der Waals surface area contributed by atoms with Crippen LogP contribution in [-0.4, -0.2) is 34.1 Å². The molecule has 0 saturated carbocycles. The van der Waals surface area contributed by atoms with Crippen LogP contribution in [0.25, 0.3) is 112 Å². The number of hydrogen-bond acceptors (Lipinski definition) is 5. The van der Waals surface area contributed by atoms with Gasteiger partial charge in [0, 0.05) is 55.0 Å². The van der Waals surface area contributed by atoms with Crippen LogP contribution >= 0.6 is 0 Å². The second-order valence-corrected chi connectivity index (χ2v) is 15.3. The summed E-state index contributed by atoms with van der Waals surface area (Å²) in [6, 6.07) is 73.2. The normalized spacial score (nSPS) is 11.5. The van der Waals surface area contributed by atoms with Gasteiger partial charge in [-0.05, 0) is 36.4 Å². The molecule has 4 aromatic heterocycles. The summed E-state index contributed by atoms with van der Waals surface area (Å²) in [6.45, 7) is 0. The third kappa shape index (κ3) is 5.94. The van der Waals surface area contributed by atoms with E-state index in [4.69, 9.17) is 24.9 Å². The first kappa shape index (κ1) is 35.4. The van der Waals surface area contributed by atoms with Crippen LogP contribution in [0.5, 0.6) is 0 Å². The third-order valence-corrected chi connectivity index (χ3v) is 11.6. The van der Waals surface area contributed by atoms with E-state index in [0.717, 1.165) is 83.1 Å². The van der Waals surface area contributed by atoms with Crippen molar-refractivity contribution >= 4 is 43.6 Å². The summed E-state index contributed by atoms with van der Waals surface area (Å²) in [7, 11) is 0. The summed E-state index contributed by atoms with van der Waals surface area (Å²) in [5.74, 6) is 2.32. The fraction of sp³-hybridized carbons (Fsp3) is 0. The van der Waals surface area contributed by atoms with Gasteiger partial charge in [-0.2, -0.15) is 9.97 Å². The van der Waals surface area contributed by atoms with E-state index in [9.17, 15) is 0 Å². The first-order chi connectivity index (χ1) is 30.7. The molecule has 0 radical (unpaired) electrons. The summed E-state index contributed by atoms with van der Waals surface area (Å²) in [4.78, 5) is 26.1. The van der Waals surface area contributed by atoms with Gasteiger partial charge in [-0.1, -0.05) is 176 Å². The Labute approximate surface area is 356 Å². The number of nitrogens with zero attached hydrogens (tertiary/aromatic N) is 7. The fourth-order valence-electron chi connectivity index (χ4n) is 8.75. The van der Waals surface area contributed by atoms with Gasteiger partial charge in [-0.3, -0.25) is 4.57 Å². The third-order valence-electron chi connectivity index (χ3n) is 11.6. The Morgan fingerprint density at radius 3 is 1.32 bits per heavy atom. The van der Waals surface area contributed by atoms with Gasteiger partial charge in [-0.25, -0.2) is 15.0 Å². The van der Waals surface area contributed by atoms with Crippen molar-refractivity contribution in [1.82, 2.24) is 34.1 Å². The summed E-state index contributed by atoms with van der Waals surface area (Å²) < 4.78 is 4.61. The van der Waals surface area contributed by atoms with Crippen molar-refractivity contribution < 1.29 is 0 Å². The highest BCUT2D eigenvalue weighted by atomic mass is 15.2. The van der Waals surface area contributed by atoms with E-state index in [0.29, 0.717) is 23.4 Å². The average Bonchev–Trinajstić information content (AvgIpc) is 3.88. The Morgan fingerprint density at radius 1 is 0.274 bits per heavy atom. The number of rotatable bonds is 7. The monoisotopic (exact) mass is 793 g/mol. The second-order valence-electron chi connectivity index (χ2n) is 15.3. The lowest BCUT2D eigenvalue weighted by atomic mass is 10.0. The molecule has 290 valence electrons. The lowest BCUT2D eigenvalue weighted by Crippen LogP contribution is -2.07. The minimum Gasteiger partial charge on any atom is -0.307 e. The zero-order valence-electron chi connectivity index (χ0n) is 33.3. The van der Waals surface area contributed by atoms with Crippen molar-refractivity contribution in [2.75, 3.05) is 0 Å². The Morgan fingerprint density at radius 2 is 0.710 bits per heavy atom. The molecule has 0 atom stereocenters. The van der Waals surface area contributed by atoms with Gasteiger partial charge in [-0.15, -0.1) is 0 Å². The van der Waals surface area contributed by atoms with E-state index in [1.807, 2.05) is 84.9 Å². The molecule has 62 heavy (non-hydrogen) atoms. The van der Waals surface area contributed by atoms with E-state index >= 15 is 0 Å². The summed E-state index contributed by atoms with van der Waals surface area (Å²) in [5, 5.41) is 4.57. The maximum Gasteiger partial charge on any atom is 0.238 e. The molecule has 7 heteroatoms. The van der Waals surface area contributed by atoms with E-state index < -0.39 is 0 Å². The minimum absolute atomic E-state index is 0.530. The molecule has 0 aliphatic rings. The molecular formula is C55H35N7. The lowest BCUT2D eigenvalue weighted by Gasteiger charge is -2.14. The van der Waals surface area contributed by atoms with Crippen molar-refractivity contribution in [3.63, 3.8) is 0 Å². The number of fused-ring (bicyclic) bond motifs is 7. The van der Waals surface area contributed by atoms with E-state index in [1.54, 1.807) is 0 Å². The Bertz CT molecular complexity index is 3560. The van der Waals surface area contributed by atoms with Gasteiger partial charge in [0.2, 0.25) is 5.95 Å². The maximum atomic E-state index is 5.40. The Kier molecular flexibility index (Phi) is 8.35. The molecule has 0 saturated heterocycles. The van der Waals surface area contributed by atoms with Crippen LogP contribution in [0.2, 0.25) is 0 Å². The van der Waals surface area contributed by atoms with Crippen LogP contribution in [0.4, 0.5) is 0 Å². The highest BCUT2D eigenvalue weighted by molar-refractivity contribution is 6.23. The highest BCUT2D eigenvalue weighted by Crippen LogP contribution is 2.41. The molecule has 0 fully saturated rings. The molecule has 12 aromatic rings.